The molecule has 7 heteroatoms. The Bertz CT molecular complexity index is 1410. The van der Waals surface area contributed by atoms with E-state index in [1.807, 2.05) is 55.5 Å². The number of amides is 2. The molecule has 176 valence electrons. The number of anilines is 1. The molecule has 3 aromatic carbocycles. The zero-order chi connectivity index (χ0) is 24.4. The molecule has 0 bridgehead atoms. The molecule has 0 spiro atoms. The highest BCUT2D eigenvalue weighted by Gasteiger charge is 2.20. The fraction of sp³-hybridized carbons (Fsp3) is 0.179. The van der Waals surface area contributed by atoms with Crippen LogP contribution in [0.25, 0.3) is 22.2 Å². The molecule has 0 atom stereocenters. The van der Waals surface area contributed by atoms with Crippen LogP contribution in [0.4, 0.5) is 5.69 Å². The predicted octanol–water partition coefficient (Wildman–Crippen LogP) is 5.70. The van der Waals surface area contributed by atoms with E-state index in [2.05, 4.69) is 21.2 Å². The SMILES string of the molecule is Cc1cccc2c(C(=O)Nc3cccc(C(=O)N4CCOCC4)c3)cc(-c3ccc(Br)cc3)nc12. The highest BCUT2D eigenvalue weighted by molar-refractivity contribution is 9.10. The van der Waals surface area contributed by atoms with Crippen LogP contribution in [0.5, 0.6) is 0 Å². The number of rotatable bonds is 4. The lowest BCUT2D eigenvalue weighted by Crippen LogP contribution is -2.40. The molecule has 1 aliphatic rings. The molecule has 5 rings (SSSR count). The molecule has 1 aromatic heterocycles. The van der Waals surface area contributed by atoms with Gasteiger partial charge in [-0.1, -0.05) is 52.3 Å². The largest absolute Gasteiger partial charge is 0.378 e. The molecular formula is C28H24BrN3O3. The summed E-state index contributed by atoms with van der Waals surface area (Å²) in [6.07, 6.45) is 0. The van der Waals surface area contributed by atoms with Crippen molar-refractivity contribution < 1.29 is 14.3 Å². The van der Waals surface area contributed by atoms with Gasteiger partial charge in [0.1, 0.15) is 0 Å². The minimum Gasteiger partial charge on any atom is -0.378 e. The van der Waals surface area contributed by atoms with E-state index in [9.17, 15) is 9.59 Å². The number of carbonyl (C=O) groups is 2. The van der Waals surface area contributed by atoms with Gasteiger partial charge in [0.2, 0.25) is 0 Å². The highest BCUT2D eigenvalue weighted by atomic mass is 79.9. The maximum Gasteiger partial charge on any atom is 0.256 e. The number of pyridine rings is 1. The molecule has 1 N–H and O–H groups in total. The third kappa shape index (κ3) is 4.97. The van der Waals surface area contributed by atoms with Crippen molar-refractivity contribution in [2.24, 2.45) is 0 Å². The topological polar surface area (TPSA) is 71.5 Å². The van der Waals surface area contributed by atoms with E-state index in [0.29, 0.717) is 43.1 Å². The van der Waals surface area contributed by atoms with Gasteiger partial charge >= 0.3 is 0 Å². The van der Waals surface area contributed by atoms with Gasteiger partial charge in [-0.05, 0) is 48.9 Å². The van der Waals surface area contributed by atoms with Crippen molar-refractivity contribution >= 4 is 44.3 Å². The van der Waals surface area contributed by atoms with Crippen LogP contribution in [0.3, 0.4) is 0 Å². The molecular weight excluding hydrogens is 506 g/mol. The lowest BCUT2D eigenvalue weighted by molar-refractivity contribution is 0.0303. The van der Waals surface area contributed by atoms with Crippen LogP contribution < -0.4 is 5.32 Å². The molecule has 6 nitrogen and oxygen atoms in total. The first kappa shape index (κ1) is 23.2. The molecule has 0 aliphatic carbocycles. The summed E-state index contributed by atoms with van der Waals surface area (Å²) >= 11 is 3.47. The average Bonchev–Trinajstić information content (AvgIpc) is 2.89. The Balaban J connectivity index is 1.48. The van der Waals surface area contributed by atoms with E-state index in [1.54, 1.807) is 29.2 Å². The zero-order valence-corrected chi connectivity index (χ0v) is 20.8. The van der Waals surface area contributed by atoms with Crippen molar-refractivity contribution in [2.45, 2.75) is 6.92 Å². The van der Waals surface area contributed by atoms with E-state index < -0.39 is 0 Å². The Labute approximate surface area is 212 Å². The zero-order valence-electron chi connectivity index (χ0n) is 19.3. The van der Waals surface area contributed by atoms with Crippen LogP contribution in [-0.4, -0.2) is 48.0 Å². The lowest BCUT2D eigenvalue weighted by atomic mass is 10.0. The minimum absolute atomic E-state index is 0.0630. The first-order valence-corrected chi connectivity index (χ1v) is 12.2. The summed E-state index contributed by atoms with van der Waals surface area (Å²) in [5, 5.41) is 3.77. The van der Waals surface area contributed by atoms with Crippen molar-refractivity contribution in [2.75, 3.05) is 31.6 Å². The van der Waals surface area contributed by atoms with Crippen LogP contribution in [0, 0.1) is 6.92 Å². The van der Waals surface area contributed by atoms with Crippen LogP contribution in [0.1, 0.15) is 26.3 Å². The number of halogens is 1. The lowest BCUT2D eigenvalue weighted by Gasteiger charge is -2.27. The van der Waals surface area contributed by atoms with Crippen molar-refractivity contribution in [3.05, 3.63) is 94.0 Å². The van der Waals surface area contributed by atoms with Gasteiger partial charge in [-0.15, -0.1) is 0 Å². The van der Waals surface area contributed by atoms with Crippen molar-refractivity contribution in [1.82, 2.24) is 9.88 Å². The summed E-state index contributed by atoms with van der Waals surface area (Å²) < 4.78 is 6.32. The van der Waals surface area contributed by atoms with Gasteiger partial charge in [-0.3, -0.25) is 9.59 Å². The molecule has 4 aromatic rings. The number of nitrogens with zero attached hydrogens (tertiary/aromatic N) is 2. The second-order valence-electron chi connectivity index (χ2n) is 8.47. The fourth-order valence-corrected chi connectivity index (χ4v) is 4.49. The molecule has 35 heavy (non-hydrogen) atoms. The van der Waals surface area contributed by atoms with E-state index >= 15 is 0 Å². The van der Waals surface area contributed by atoms with Gasteiger partial charge in [0, 0.05) is 39.8 Å². The maximum absolute atomic E-state index is 13.5. The number of aromatic nitrogens is 1. The number of hydrogen-bond acceptors (Lipinski definition) is 4. The molecule has 2 amide bonds. The van der Waals surface area contributed by atoms with Crippen LogP contribution >= 0.6 is 15.9 Å². The number of aryl methyl sites for hydroxylation is 1. The first-order valence-electron chi connectivity index (χ1n) is 11.4. The summed E-state index contributed by atoms with van der Waals surface area (Å²) in [7, 11) is 0. The summed E-state index contributed by atoms with van der Waals surface area (Å²) in [5.74, 6) is -0.316. The molecule has 0 radical (unpaired) electrons. The number of nitrogens with one attached hydrogen (secondary N) is 1. The average molecular weight is 530 g/mol. The highest BCUT2D eigenvalue weighted by Crippen LogP contribution is 2.28. The molecule has 1 fully saturated rings. The Morgan fingerprint density at radius 2 is 1.71 bits per heavy atom. The van der Waals surface area contributed by atoms with E-state index in [-0.39, 0.29) is 11.8 Å². The number of fused-ring (bicyclic) bond motifs is 1. The van der Waals surface area contributed by atoms with Crippen molar-refractivity contribution in [1.29, 1.82) is 0 Å². The van der Waals surface area contributed by atoms with Crippen molar-refractivity contribution in [3.63, 3.8) is 0 Å². The number of para-hydroxylation sites is 1. The van der Waals surface area contributed by atoms with Gasteiger partial charge in [-0.2, -0.15) is 0 Å². The first-order chi connectivity index (χ1) is 17.0. The van der Waals surface area contributed by atoms with Gasteiger partial charge in [0.05, 0.1) is 30.0 Å². The van der Waals surface area contributed by atoms with Gasteiger partial charge in [-0.25, -0.2) is 4.98 Å². The van der Waals surface area contributed by atoms with E-state index in [0.717, 1.165) is 32.2 Å². The fourth-order valence-electron chi connectivity index (χ4n) is 4.23. The van der Waals surface area contributed by atoms with E-state index in [1.165, 1.54) is 0 Å². The minimum atomic E-state index is -0.252. The predicted molar refractivity (Wildman–Crippen MR) is 141 cm³/mol. The van der Waals surface area contributed by atoms with Crippen LogP contribution in [-0.2, 0) is 4.74 Å². The van der Waals surface area contributed by atoms with Gasteiger partial charge < -0.3 is 15.0 Å². The number of morpholine rings is 1. The van der Waals surface area contributed by atoms with Crippen LogP contribution in [0.15, 0.2) is 77.3 Å². The Morgan fingerprint density at radius 3 is 2.49 bits per heavy atom. The second-order valence-corrected chi connectivity index (χ2v) is 9.39. The molecule has 2 heterocycles. The maximum atomic E-state index is 13.5. The van der Waals surface area contributed by atoms with Crippen LogP contribution in [0.2, 0.25) is 0 Å². The van der Waals surface area contributed by atoms with Gasteiger partial charge in [0.25, 0.3) is 11.8 Å². The summed E-state index contributed by atoms with van der Waals surface area (Å²) in [5.41, 5.74) is 5.06. The quantitative estimate of drug-likeness (QED) is 0.368. The Kier molecular flexibility index (Phi) is 6.61. The van der Waals surface area contributed by atoms with E-state index in [4.69, 9.17) is 9.72 Å². The molecule has 1 saturated heterocycles. The summed E-state index contributed by atoms with van der Waals surface area (Å²) in [6.45, 7) is 4.20. The normalized spacial score (nSPS) is 13.6. The Hall–Kier alpha value is -3.55. The second kappa shape index (κ2) is 9.98. The monoisotopic (exact) mass is 529 g/mol. The third-order valence-corrected chi connectivity index (χ3v) is 6.62. The number of ether oxygens (including phenoxy) is 1. The van der Waals surface area contributed by atoms with Gasteiger partial charge in [0.15, 0.2) is 0 Å². The third-order valence-electron chi connectivity index (χ3n) is 6.09. The number of carbonyl (C=O) groups excluding carboxylic acids is 2. The molecule has 1 aliphatic heterocycles. The number of hydrogen-bond donors (Lipinski definition) is 1. The number of benzene rings is 3. The summed E-state index contributed by atoms with van der Waals surface area (Å²) in [4.78, 5) is 33.0. The Morgan fingerprint density at radius 1 is 0.971 bits per heavy atom. The molecule has 0 saturated carbocycles. The van der Waals surface area contributed by atoms with Crippen molar-refractivity contribution in [3.8, 4) is 11.3 Å². The standard InChI is InChI=1S/C28H24BrN3O3/c1-18-4-2-7-23-24(17-25(31-26(18)23)19-8-10-21(29)11-9-19)27(33)30-22-6-3-5-20(16-22)28(34)32-12-14-35-15-13-32/h2-11,16-17H,12-15H2,1H3,(H,30,33). The molecule has 0 unspecified atom stereocenters. The summed E-state index contributed by atoms with van der Waals surface area (Å²) in [6, 6.07) is 22.6. The smallest absolute Gasteiger partial charge is 0.256 e.